The van der Waals surface area contributed by atoms with E-state index < -0.39 is 0 Å². The van der Waals surface area contributed by atoms with Gasteiger partial charge in [0.2, 0.25) is 5.91 Å². The largest absolute Gasteiger partial charge is 0.409 e. The Morgan fingerprint density at radius 3 is 2.67 bits per heavy atom. The van der Waals surface area contributed by atoms with Crippen molar-refractivity contribution in [2.24, 2.45) is 16.8 Å². The molecule has 0 bridgehead atoms. The van der Waals surface area contributed by atoms with E-state index in [2.05, 4.69) is 10.5 Å². The normalized spacial score (nSPS) is 17.2. The maximum atomic E-state index is 12.1. The number of anilines is 1. The van der Waals surface area contributed by atoms with Crippen molar-refractivity contribution in [3.05, 3.63) is 29.8 Å². The van der Waals surface area contributed by atoms with Crippen LogP contribution in [0.4, 0.5) is 5.69 Å². The van der Waals surface area contributed by atoms with Crippen LogP contribution in [-0.4, -0.2) is 17.0 Å². The highest BCUT2D eigenvalue weighted by Crippen LogP contribution is 2.25. The first kappa shape index (κ1) is 15.4. The first-order valence-electron chi connectivity index (χ1n) is 7.57. The maximum Gasteiger partial charge on any atom is 0.224 e. The van der Waals surface area contributed by atoms with E-state index in [1.807, 2.05) is 0 Å². The number of hydrogen-bond acceptors (Lipinski definition) is 3. The molecule has 1 aliphatic carbocycles. The molecule has 0 spiro atoms. The zero-order valence-electron chi connectivity index (χ0n) is 12.2. The van der Waals surface area contributed by atoms with Crippen LogP contribution in [0.25, 0.3) is 0 Å². The minimum Gasteiger partial charge on any atom is -0.409 e. The lowest BCUT2D eigenvalue weighted by Crippen LogP contribution is -2.17. The number of nitrogens with one attached hydrogen (secondary N) is 1. The van der Waals surface area contributed by atoms with E-state index in [1.54, 1.807) is 24.3 Å². The van der Waals surface area contributed by atoms with Crippen LogP contribution in [0.3, 0.4) is 0 Å². The number of hydrogen-bond donors (Lipinski definition) is 3. The summed E-state index contributed by atoms with van der Waals surface area (Å²) in [6.45, 7) is 0. The Morgan fingerprint density at radius 2 is 2.00 bits per heavy atom. The fraction of sp³-hybridized carbons (Fsp3) is 0.500. The van der Waals surface area contributed by atoms with Crippen molar-refractivity contribution in [3.8, 4) is 0 Å². The molecule has 1 fully saturated rings. The highest BCUT2D eigenvalue weighted by molar-refractivity contribution is 5.99. The van der Waals surface area contributed by atoms with Gasteiger partial charge in [0.15, 0.2) is 5.84 Å². The monoisotopic (exact) mass is 289 g/mol. The third-order valence-electron chi connectivity index (χ3n) is 4.00. The third-order valence-corrected chi connectivity index (χ3v) is 4.00. The van der Waals surface area contributed by atoms with Crippen LogP contribution in [0.2, 0.25) is 0 Å². The highest BCUT2D eigenvalue weighted by Gasteiger charge is 2.16. The molecule has 5 nitrogen and oxygen atoms in total. The van der Waals surface area contributed by atoms with Crippen molar-refractivity contribution >= 4 is 17.4 Å². The van der Waals surface area contributed by atoms with Crippen LogP contribution >= 0.6 is 0 Å². The van der Waals surface area contributed by atoms with Crippen LogP contribution in [0.5, 0.6) is 0 Å². The van der Waals surface area contributed by atoms with Gasteiger partial charge in [0.1, 0.15) is 0 Å². The van der Waals surface area contributed by atoms with E-state index in [0.717, 1.165) is 12.8 Å². The van der Waals surface area contributed by atoms with Crippen molar-refractivity contribution in [2.45, 2.75) is 44.9 Å². The number of benzene rings is 1. The summed E-state index contributed by atoms with van der Waals surface area (Å²) in [5, 5.41) is 14.5. The molecule has 0 aromatic heterocycles. The van der Waals surface area contributed by atoms with E-state index in [9.17, 15) is 4.79 Å². The SMILES string of the molecule is N/C(=N/O)c1cccc(NC(=O)CC2CCCCCC2)c1. The zero-order chi connectivity index (χ0) is 15.1. The molecular weight excluding hydrogens is 266 g/mol. The lowest BCUT2D eigenvalue weighted by atomic mass is 9.96. The molecule has 0 radical (unpaired) electrons. The number of carbonyl (C=O) groups excluding carboxylic acids is 1. The number of amides is 1. The number of rotatable bonds is 4. The van der Waals surface area contributed by atoms with Gasteiger partial charge in [0.25, 0.3) is 0 Å². The van der Waals surface area contributed by atoms with E-state index in [4.69, 9.17) is 10.9 Å². The van der Waals surface area contributed by atoms with Gasteiger partial charge in [-0.15, -0.1) is 0 Å². The first-order valence-corrected chi connectivity index (χ1v) is 7.57. The Kier molecular flexibility index (Phi) is 5.60. The van der Waals surface area contributed by atoms with Gasteiger partial charge in [-0.25, -0.2) is 0 Å². The average Bonchev–Trinajstić information content (AvgIpc) is 2.75. The van der Waals surface area contributed by atoms with Gasteiger partial charge in [-0.1, -0.05) is 43.0 Å². The van der Waals surface area contributed by atoms with Crippen LogP contribution in [0, 0.1) is 5.92 Å². The molecule has 0 unspecified atom stereocenters. The van der Waals surface area contributed by atoms with Gasteiger partial charge in [0.05, 0.1) is 0 Å². The number of carbonyl (C=O) groups is 1. The van der Waals surface area contributed by atoms with E-state index in [1.165, 1.54) is 25.7 Å². The molecule has 1 aliphatic rings. The molecule has 1 aromatic carbocycles. The first-order chi connectivity index (χ1) is 10.2. The van der Waals surface area contributed by atoms with Crippen LogP contribution in [0.1, 0.15) is 50.5 Å². The summed E-state index contributed by atoms with van der Waals surface area (Å²) in [6, 6.07) is 7.02. The standard InChI is InChI=1S/C16H23N3O2/c17-16(19-21)13-8-5-9-14(11-13)18-15(20)10-12-6-3-1-2-4-7-12/h5,8-9,11-12,21H,1-4,6-7,10H2,(H2,17,19)(H,18,20). The van der Waals surface area contributed by atoms with Crippen molar-refractivity contribution in [1.82, 2.24) is 0 Å². The second kappa shape index (κ2) is 7.67. The van der Waals surface area contributed by atoms with Crippen LogP contribution < -0.4 is 11.1 Å². The summed E-state index contributed by atoms with van der Waals surface area (Å²) in [4.78, 5) is 12.1. The molecule has 0 aliphatic heterocycles. The average molecular weight is 289 g/mol. The molecule has 0 heterocycles. The molecular formula is C16H23N3O2. The summed E-state index contributed by atoms with van der Waals surface area (Å²) < 4.78 is 0. The van der Waals surface area contributed by atoms with Crippen LogP contribution in [-0.2, 0) is 4.79 Å². The fourth-order valence-electron chi connectivity index (χ4n) is 2.86. The summed E-state index contributed by atoms with van der Waals surface area (Å²) >= 11 is 0. The topological polar surface area (TPSA) is 87.7 Å². The molecule has 114 valence electrons. The number of amidine groups is 1. The molecule has 2 rings (SSSR count). The van der Waals surface area contributed by atoms with Gasteiger partial charge >= 0.3 is 0 Å². The van der Waals surface area contributed by atoms with Gasteiger partial charge in [-0.2, -0.15) is 0 Å². The second-order valence-corrected chi connectivity index (χ2v) is 5.68. The van der Waals surface area contributed by atoms with E-state index in [-0.39, 0.29) is 11.7 Å². The fourth-order valence-corrected chi connectivity index (χ4v) is 2.86. The number of nitrogens with two attached hydrogens (primary N) is 1. The zero-order valence-corrected chi connectivity index (χ0v) is 12.2. The Morgan fingerprint density at radius 1 is 1.29 bits per heavy atom. The molecule has 0 saturated heterocycles. The minimum atomic E-state index is 0.0369. The van der Waals surface area contributed by atoms with Crippen molar-refractivity contribution in [1.29, 1.82) is 0 Å². The Hall–Kier alpha value is -2.04. The smallest absolute Gasteiger partial charge is 0.224 e. The second-order valence-electron chi connectivity index (χ2n) is 5.68. The molecule has 5 heteroatoms. The number of nitrogens with zero attached hydrogens (tertiary/aromatic N) is 1. The van der Waals surface area contributed by atoms with Crippen molar-refractivity contribution < 1.29 is 10.0 Å². The Balaban J connectivity index is 1.93. The molecule has 4 N–H and O–H groups in total. The highest BCUT2D eigenvalue weighted by atomic mass is 16.4. The quantitative estimate of drug-likeness (QED) is 0.262. The Labute approximate surface area is 125 Å². The molecule has 1 amide bonds. The Bertz CT molecular complexity index is 506. The third kappa shape index (κ3) is 4.77. The molecule has 21 heavy (non-hydrogen) atoms. The summed E-state index contributed by atoms with van der Waals surface area (Å²) in [5.41, 5.74) is 6.81. The van der Waals surface area contributed by atoms with Crippen LogP contribution in [0.15, 0.2) is 29.4 Å². The lowest BCUT2D eigenvalue weighted by Gasteiger charge is -2.14. The van der Waals surface area contributed by atoms with E-state index in [0.29, 0.717) is 23.6 Å². The van der Waals surface area contributed by atoms with Gasteiger partial charge in [-0.3, -0.25) is 4.79 Å². The molecule has 1 aromatic rings. The lowest BCUT2D eigenvalue weighted by molar-refractivity contribution is -0.117. The van der Waals surface area contributed by atoms with Gasteiger partial charge in [-0.05, 0) is 30.9 Å². The van der Waals surface area contributed by atoms with Crippen molar-refractivity contribution in [2.75, 3.05) is 5.32 Å². The molecule has 0 atom stereocenters. The summed E-state index contributed by atoms with van der Waals surface area (Å²) in [6.07, 6.45) is 7.93. The molecule has 1 saturated carbocycles. The summed E-state index contributed by atoms with van der Waals surface area (Å²) in [7, 11) is 0. The maximum absolute atomic E-state index is 12.1. The van der Waals surface area contributed by atoms with Gasteiger partial charge < -0.3 is 16.3 Å². The van der Waals surface area contributed by atoms with E-state index >= 15 is 0 Å². The summed E-state index contributed by atoms with van der Waals surface area (Å²) in [5.74, 6) is 0.577. The van der Waals surface area contributed by atoms with Crippen molar-refractivity contribution in [3.63, 3.8) is 0 Å². The van der Waals surface area contributed by atoms with Gasteiger partial charge in [0, 0.05) is 17.7 Å². The number of oxime groups is 1. The predicted molar refractivity (Wildman–Crippen MR) is 83.4 cm³/mol. The minimum absolute atomic E-state index is 0.0369. The predicted octanol–water partition coefficient (Wildman–Crippen LogP) is 3.08.